The molecule has 3 N–H and O–H groups in total. The summed E-state index contributed by atoms with van der Waals surface area (Å²) in [5, 5.41) is 3.29. The van der Waals surface area contributed by atoms with Crippen LogP contribution in [0.1, 0.15) is 24.2 Å². The molecular weight excluding hydrogens is 464 g/mol. The molecule has 1 fully saturated rings. The average molecular weight is 492 g/mol. The van der Waals surface area contributed by atoms with E-state index in [-0.39, 0.29) is 5.56 Å². The highest BCUT2D eigenvalue weighted by Crippen LogP contribution is 2.29. The third kappa shape index (κ3) is 4.24. The molecule has 2 aromatic carbocycles. The van der Waals surface area contributed by atoms with Crippen molar-refractivity contribution in [2.75, 3.05) is 30.4 Å². The fraction of sp³-hybridized carbons (Fsp3) is 0.269. The van der Waals surface area contributed by atoms with Crippen LogP contribution in [0.25, 0.3) is 16.9 Å². The molecule has 2 aromatic heterocycles. The number of aromatic nitrogens is 3. The molecule has 1 saturated heterocycles. The number of halogens is 2. The number of amides is 1. The summed E-state index contributed by atoms with van der Waals surface area (Å²) < 4.78 is 30.4. The van der Waals surface area contributed by atoms with Crippen molar-refractivity contribution in [3.05, 3.63) is 72.2 Å². The first-order valence-electron chi connectivity index (χ1n) is 11.7. The van der Waals surface area contributed by atoms with Crippen LogP contribution in [-0.4, -0.2) is 57.4 Å². The maximum absolute atomic E-state index is 14.4. The Labute approximate surface area is 207 Å². The number of fused-ring (bicyclic) bond motifs is 1. The van der Waals surface area contributed by atoms with Gasteiger partial charge < -0.3 is 16.0 Å². The predicted molar refractivity (Wildman–Crippen MR) is 135 cm³/mol. The Bertz CT molecular complexity index is 1410. The summed E-state index contributed by atoms with van der Waals surface area (Å²) in [5.41, 5.74) is 7.41. The molecule has 1 aliphatic rings. The highest BCUT2D eigenvalue weighted by Gasteiger charge is 2.26. The van der Waals surface area contributed by atoms with Crippen molar-refractivity contribution in [1.82, 2.24) is 19.3 Å². The molecule has 1 amide bonds. The molecule has 0 bridgehead atoms. The molecule has 36 heavy (non-hydrogen) atoms. The number of imidazole rings is 1. The highest BCUT2D eigenvalue weighted by atomic mass is 19.1. The number of carbonyl (C=O) groups is 1. The number of carbonyl (C=O) groups excluding carboxylic acids is 1. The first-order chi connectivity index (χ1) is 17.2. The summed E-state index contributed by atoms with van der Waals surface area (Å²) in [6.07, 6.45) is 4.75. The molecular formula is C26H27F2N7O. The van der Waals surface area contributed by atoms with E-state index in [2.05, 4.69) is 58.1 Å². The Morgan fingerprint density at radius 3 is 2.42 bits per heavy atom. The van der Waals surface area contributed by atoms with Crippen LogP contribution < -0.4 is 16.0 Å². The van der Waals surface area contributed by atoms with Crippen molar-refractivity contribution in [1.29, 1.82) is 0 Å². The number of primary amides is 1. The molecule has 0 aliphatic carbocycles. The molecule has 4 aromatic rings. The van der Waals surface area contributed by atoms with Gasteiger partial charge in [-0.3, -0.25) is 14.1 Å². The maximum atomic E-state index is 14.4. The quantitative estimate of drug-likeness (QED) is 0.438. The predicted octanol–water partition coefficient (Wildman–Crippen LogP) is 4.05. The normalized spacial score (nSPS) is 18.5. The molecule has 2 atom stereocenters. The van der Waals surface area contributed by atoms with E-state index in [1.165, 1.54) is 6.20 Å². The molecule has 2 unspecified atom stereocenters. The number of likely N-dealkylation sites (N-methyl/N-ethyl adjacent to an activating group) is 1. The monoisotopic (exact) mass is 491 g/mol. The Kier molecular flexibility index (Phi) is 6.05. The Morgan fingerprint density at radius 2 is 1.75 bits per heavy atom. The van der Waals surface area contributed by atoms with E-state index < -0.39 is 23.1 Å². The van der Waals surface area contributed by atoms with Gasteiger partial charge in [0, 0.05) is 54.5 Å². The zero-order valence-electron chi connectivity index (χ0n) is 20.2. The summed E-state index contributed by atoms with van der Waals surface area (Å²) in [4.78, 5) is 25.0. The SMILES string of the molecule is CC1CN(c2ccc(Nc3ncc(-c4cc(F)c(C(N)=O)c(F)c4)n4ccnc34)cc2)C(C)CN1C. The van der Waals surface area contributed by atoms with E-state index >= 15 is 0 Å². The first kappa shape index (κ1) is 23.7. The topological polar surface area (TPSA) is 91.8 Å². The maximum Gasteiger partial charge on any atom is 0.254 e. The summed E-state index contributed by atoms with van der Waals surface area (Å²) >= 11 is 0. The molecule has 0 radical (unpaired) electrons. The molecule has 0 spiro atoms. The number of nitrogens with two attached hydrogens (primary N) is 1. The van der Waals surface area contributed by atoms with Crippen molar-refractivity contribution in [2.45, 2.75) is 25.9 Å². The lowest BCUT2D eigenvalue weighted by atomic mass is 10.1. The molecule has 8 nitrogen and oxygen atoms in total. The summed E-state index contributed by atoms with van der Waals surface area (Å²) in [5.74, 6) is -2.73. The van der Waals surface area contributed by atoms with Gasteiger partial charge in [0.15, 0.2) is 11.5 Å². The van der Waals surface area contributed by atoms with Gasteiger partial charge >= 0.3 is 0 Å². The molecule has 10 heteroatoms. The van der Waals surface area contributed by atoms with Crippen LogP contribution in [0, 0.1) is 11.6 Å². The van der Waals surface area contributed by atoms with Crippen LogP contribution in [0.2, 0.25) is 0 Å². The van der Waals surface area contributed by atoms with Gasteiger partial charge in [-0.25, -0.2) is 18.7 Å². The van der Waals surface area contributed by atoms with Gasteiger partial charge in [-0.1, -0.05) is 0 Å². The van der Waals surface area contributed by atoms with Gasteiger partial charge in [0.1, 0.15) is 17.2 Å². The Hall–Kier alpha value is -4.05. The molecule has 186 valence electrons. The van der Waals surface area contributed by atoms with E-state index in [9.17, 15) is 13.6 Å². The minimum absolute atomic E-state index is 0.205. The summed E-state index contributed by atoms with van der Waals surface area (Å²) in [6, 6.07) is 11.2. The molecule has 5 rings (SSSR count). The van der Waals surface area contributed by atoms with Gasteiger partial charge in [0.2, 0.25) is 0 Å². The van der Waals surface area contributed by atoms with Gasteiger partial charge in [0.05, 0.1) is 11.9 Å². The van der Waals surface area contributed by atoms with Crippen LogP contribution in [0.3, 0.4) is 0 Å². The van der Waals surface area contributed by atoms with E-state index in [0.29, 0.717) is 29.2 Å². The van der Waals surface area contributed by atoms with Crippen LogP contribution in [0.4, 0.5) is 26.0 Å². The molecule has 3 heterocycles. The zero-order chi connectivity index (χ0) is 25.6. The number of hydrogen-bond donors (Lipinski definition) is 2. The van der Waals surface area contributed by atoms with E-state index in [4.69, 9.17) is 5.73 Å². The van der Waals surface area contributed by atoms with E-state index in [0.717, 1.165) is 36.6 Å². The highest BCUT2D eigenvalue weighted by molar-refractivity contribution is 5.94. The van der Waals surface area contributed by atoms with Crippen LogP contribution in [0.5, 0.6) is 0 Å². The van der Waals surface area contributed by atoms with Crippen molar-refractivity contribution in [3.63, 3.8) is 0 Å². The number of piperazine rings is 1. The van der Waals surface area contributed by atoms with E-state index in [1.54, 1.807) is 16.8 Å². The van der Waals surface area contributed by atoms with E-state index in [1.807, 2.05) is 12.1 Å². The minimum atomic E-state index is -1.16. The number of benzene rings is 2. The lowest BCUT2D eigenvalue weighted by Gasteiger charge is -2.43. The molecule has 1 aliphatic heterocycles. The van der Waals surface area contributed by atoms with Gasteiger partial charge in [-0.15, -0.1) is 0 Å². The van der Waals surface area contributed by atoms with Crippen molar-refractivity contribution in [2.24, 2.45) is 5.73 Å². The van der Waals surface area contributed by atoms with Crippen LogP contribution in [0.15, 0.2) is 55.0 Å². The van der Waals surface area contributed by atoms with Crippen molar-refractivity contribution < 1.29 is 13.6 Å². The Morgan fingerprint density at radius 1 is 1.06 bits per heavy atom. The second-order valence-electron chi connectivity index (χ2n) is 9.25. The van der Waals surface area contributed by atoms with Crippen molar-refractivity contribution >= 4 is 28.7 Å². The largest absolute Gasteiger partial charge is 0.366 e. The smallest absolute Gasteiger partial charge is 0.254 e. The summed E-state index contributed by atoms with van der Waals surface area (Å²) in [6.45, 7) is 6.43. The van der Waals surface area contributed by atoms with Gasteiger partial charge in [-0.2, -0.15) is 0 Å². The molecule has 0 saturated carbocycles. The number of anilines is 3. The summed E-state index contributed by atoms with van der Waals surface area (Å²) in [7, 11) is 2.16. The first-order valence-corrected chi connectivity index (χ1v) is 11.7. The number of hydrogen-bond acceptors (Lipinski definition) is 6. The third-order valence-electron chi connectivity index (χ3n) is 6.77. The lowest BCUT2D eigenvalue weighted by molar-refractivity contribution is 0.0992. The second-order valence-corrected chi connectivity index (χ2v) is 9.25. The fourth-order valence-electron chi connectivity index (χ4n) is 4.71. The fourth-order valence-corrected chi connectivity index (χ4v) is 4.71. The minimum Gasteiger partial charge on any atom is -0.366 e. The number of nitrogens with one attached hydrogen (secondary N) is 1. The zero-order valence-corrected chi connectivity index (χ0v) is 20.2. The van der Waals surface area contributed by atoms with Crippen LogP contribution >= 0.6 is 0 Å². The lowest BCUT2D eigenvalue weighted by Crippen LogP contribution is -2.55. The van der Waals surface area contributed by atoms with Crippen molar-refractivity contribution in [3.8, 4) is 11.3 Å². The van der Waals surface area contributed by atoms with Crippen LogP contribution in [-0.2, 0) is 0 Å². The second kappa shape index (κ2) is 9.19. The van der Waals surface area contributed by atoms with Gasteiger partial charge in [-0.05, 0) is 57.3 Å². The number of rotatable bonds is 5. The number of nitrogens with zero attached hydrogens (tertiary/aromatic N) is 5. The Balaban J connectivity index is 1.42. The average Bonchev–Trinajstić information content (AvgIpc) is 3.32. The standard InChI is InChI=1S/C26H27F2N7O/c1-15-14-35(16(2)13-33(15)3)19-6-4-18(5-7-19)32-25-26-30-8-9-34(26)22(12-31-25)17-10-20(27)23(24(29)36)21(28)11-17/h4-12,15-16H,13-14H2,1-3H3,(H2,29,36)(H,31,32). The van der Waals surface area contributed by atoms with Gasteiger partial charge in [0.25, 0.3) is 5.91 Å². The third-order valence-corrected chi connectivity index (χ3v) is 6.77.